The molecule has 1 fully saturated rings. The number of sulfonamides is 1. The minimum Gasteiger partial charge on any atom is -0.341 e. The molecule has 1 heterocycles. The Bertz CT molecular complexity index is 646. The molecule has 0 unspecified atom stereocenters. The van der Waals surface area contributed by atoms with Crippen LogP contribution in [-0.2, 0) is 21.4 Å². The number of piperidine rings is 1. The van der Waals surface area contributed by atoms with Crippen molar-refractivity contribution in [1.82, 2.24) is 9.21 Å². The Morgan fingerprint density at radius 3 is 2.61 bits per heavy atom. The zero-order chi connectivity index (χ0) is 17.0. The van der Waals surface area contributed by atoms with E-state index >= 15 is 0 Å². The molecule has 1 atom stereocenters. The zero-order valence-electron chi connectivity index (χ0n) is 13.5. The molecule has 0 saturated carbocycles. The van der Waals surface area contributed by atoms with Crippen molar-refractivity contribution >= 4 is 27.5 Å². The molecule has 128 valence electrons. The molecule has 5 nitrogen and oxygen atoms in total. The predicted octanol–water partition coefficient (Wildman–Crippen LogP) is 2.36. The number of benzene rings is 1. The highest BCUT2D eigenvalue weighted by Crippen LogP contribution is 2.22. The lowest BCUT2D eigenvalue weighted by Crippen LogP contribution is -2.46. The van der Waals surface area contributed by atoms with Crippen LogP contribution >= 0.6 is 11.6 Å². The monoisotopic (exact) mass is 358 g/mol. The maximum atomic E-state index is 12.6. The molecule has 0 bridgehead atoms. The van der Waals surface area contributed by atoms with Crippen LogP contribution in [0.15, 0.2) is 24.3 Å². The van der Waals surface area contributed by atoms with E-state index in [1.54, 1.807) is 31.0 Å². The lowest BCUT2D eigenvalue weighted by molar-refractivity contribution is -0.135. The lowest BCUT2D eigenvalue weighted by Gasteiger charge is -2.33. The van der Waals surface area contributed by atoms with Crippen molar-refractivity contribution < 1.29 is 13.2 Å². The molecule has 1 aliphatic rings. The second-order valence-corrected chi connectivity index (χ2v) is 8.61. The summed E-state index contributed by atoms with van der Waals surface area (Å²) in [5, 5.41) is 0.662. The first-order valence-electron chi connectivity index (χ1n) is 7.80. The Hall–Kier alpha value is -1.11. The summed E-state index contributed by atoms with van der Waals surface area (Å²) < 4.78 is 25.5. The maximum Gasteiger partial charge on any atom is 0.227 e. The van der Waals surface area contributed by atoms with Gasteiger partial charge < -0.3 is 4.90 Å². The molecule has 1 aromatic carbocycles. The number of carbonyl (C=O) groups excluding carboxylic acids is 1. The largest absolute Gasteiger partial charge is 0.341 e. The molecule has 0 N–H and O–H groups in total. The first kappa shape index (κ1) is 18.2. The van der Waals surface area contributed by atoms with Crippen LogP contribution in [0.4, 0.5) is 0 Å². The minimum atomic E-state index is -3.23. The van der Waals surface area contributed by atoms with E-state index in [1.165, 1.54) is 4.31 Å². The van der Waals surface area contributed by atoms with Crippen LogP contribution in [0.5, 0.6) is 0 Å². The number of nitrogens with zero attached hydrogens (tertiary/aromatic N) is 2. The Morgan fingerprint density at radius 1 is 1.35 bits per heavy atom. The Balaban J connectivity index is 2.00. The molecule has 23 heavy (non-hydrogen) atoms. The van der Waals surface area contributed by atoms with E-state index in [1.807, 2.05) is 12.1 Å². The van der Waals surface area contributed by atoms with Crippen LogP contribution in [-0.4, -0.2) is 49.4 Å². The molecule has 0 aromatic heterocycles. The van der Waals surface area contributed by atoms with Crippen LogP contribution in [0.25, 0.3) is 0 Å². The Labute approximate surface area is 143 Å². The highest BCUT2D eigenvalue weighted by molar-refractivity contribution is 7.89. The average Bonchev–Trinajstić information content (AvgIpc) is 2.56. The van der Waals surface area contributed by atoms with E-state index in [0.29, 0.717) is 24.7 Å². The van der Waals surface area contributed by atoms with Gasteiger partial charge in [-0.15, -0.1) is 0 Å². The molecule has 7 heteroatoms. The van der Waals surface area contributed by atoms with Crippen molar-refractivity contribution in [2.75, 3.05) is 25.9 Å². The van der Waals surface area contributed by atoms with Gasteiger partial charge in [-0.05, 0) is 37.5 Å². The van der Waals surface area contributed by atoms with Gasteiger partial charge >= 0.3 is 0 Å². The second-order valence-electron chi connectivity index (χ2n) is 5.92. The summed E-state index contributed by atoms with van der Waals surface area (Å²) in [6.45, 7) is 2.93. The first-order chi connectivity index (χ1) is 10.8. The third kappa shape index (κ3) is 4.68. The van der Waals surface area contributed by atoms with Crippen molar-refractivity contribution in [3.63, 3.8) is 0 Å². The third-order valence-corrected chi connectivity index (χ3v) is 6.30. The van der Waals surface area contributed by atoms with E-state index in [9.17, 15) is 13.2 Å². The van der Waals surface area contributed by atoms with Crippen LogP contribution < -0.4 is 0 Å². The molecule has 1 aliphatic heterocycles. The van der Waals surface area contributed by atoms with Crippen molar-refractivity contribution in [3.05, 3.63) is 34.9 Å². The average molecular weight is 359 g/mol. The number of hydrogen-bond acceptors (Lipinski definition) is 3. The van der Waals surface area contributed by atoms with Gasteiger partial charge in [0.2, 0.25) is 15.9 Å². The summed E-state index contributed by atoms with van der Waals surface area (Å²) in [6.07, 6.45) is 1.46. The number of halogens is 1. The number of amides is 1. The summed E-state index contributed by atoms with van der Waals surface area (Å²) in [4.78, 5) is 14.3. The van der Waals surface area contributed by atoms with Crippen molar-refractivity contribution in [2.24, 2.45) is 5.92 Å². The molecule has 0 aliphatic carbocycles. The van der Waals surface area contributed by atoms with Gasteiger partial charge in [-0.25, -0.2) is 12.7 Å². The molecule has 0 radical (unpaired) electrons. The number of hydrogen-bond donors (Lipinski definition) is 0. The van der Waals surface area contributed by atoms with Crippen molar-refractivity contribution in [2.45, 2.75) is 26.3 Å². The van der Waals surface area contributed by atoms with Gasteiger partial charge in [0.05, 0.1) is 11.7 Å². The fourth-order valence-electron chi connectivity index (χ4n) is 2.83. The Kier molecular flexibility index (Phi) is 6.06. The first-order valence-corrected chi connectivity index (χ1v) is 9.79. The molecular weight excluding hydrogens is 336 g/mol. The molecular formula is C16H23ClN2O3S. The standard InChI is InChI=1S/C16H23ClN2O3S/c1-3-23(21,22)19-10-4-5-14(12-19)16(20)18(2)11-13-6-8-15(17)9-7-13/h6-9,14H,3-5,10-12H2,1-2H3/t14-/m0/s1. The minimum absolute atomic E-state index is 0.00375. The smallest absolute Gasteiger partial charge is 0.227 e. The van der Waals surface area contributed by atoms with Crippen molar-refractivity contribution in [3.8, 4) is 0 Å². The summed E-state index contributed by atoms with van der Waals surface area (Å²) in [6, 6.07) is 7.37. The van der Waals surface area contributed by atoms with E-state index in [0.717, 1.165) is 18.4 Å². The fourth-order valence-corrected chi connectivity index (χ4v) is 4.14. The topological polar surface area (TPSA) is 57.7 Å². The van der Waals surface area contributed by atoms with E-state index in [4.69, 9.17) is 11.6 Å². The summed E-state index contributed by atoms with van der Waals surface area (Å²) in [7, 11) is -1.47. The van der Waals surface area contributed by atoms with Gasteiger partial charge in [-0.2, -0.15) is 0 Å². The third-order valence-electron chi connectivity index (χ3n) is 4.20. The second kappa shape index (κ2) is 7.64. The normalized spacial score (nSPS) is 19.5. The summed E-state index contributed by atoms with van der Waals surface area (Å²) in [5.74, 6) is -0.188. The Morgan fingerprint density at radius 2 is 2.00 bits per heavy atom. The van der Waals surface area contributed by atoms with Gasteiger partial charge in [-0.1, -0.05) is 23.7 Å². The maximum absolute atomic E-state index is 12.6. The molecule has 2 rings (SSSR count). The van der Waals surface area contributed by atoms with Gasteiger partial charge in [0.25, 0.3) is 0 Å². The summed E-state index contributed by atoms with van der Waals surface area (Å²) >= 11 is 5.86. The van der Waals surface area contributed by atoms with Gasteiger partial charge in [0.1, 0.15) is 0 Å². The van der Waals surface area contributed by atoms with Crippen molar-refractivity contribution in [1.29, 1.82) is 0 Å². The van der Waals surface area contributed by atoms with E-state index < -0.39 is 10.0 Å². The lowest BCUT2D eigenvalue weighted by atomic mass is 9.98. The van der Waals surface area contributed by atoms with Crippen LogP contribution in [0.1, 0.15) is 25.3 Å². The van der Waals surface area contributed by atoms with Crippen LogP contribution in [0, 0.1) is 5.92 Å². The highest BCUT2D eigenvalue weighted by atomic mass is 35.5. The van der Waals surface area contributed by atoms with E-state index in [-0.39, 0.29) is 17.6 Å². The number of carbonyl (C=O) groups is 1. The van der Waals surface area contributed by atoms with Crippen LogP contribution in [0.3, 0.4) is 0 Å². The molecule has 1 amide bonds. The predicted molar refractivity (Wildman–Crippen MR) is 91.7 cm³/mol. The number of rotatable bonds is 5. The van der Waals surface area contributed by atoms with E-state index in [2.05, 4.69) is 0 Å². The van der Waals surface area contributed by atoms with Gasteiger partial charge in [0.15, 0.2) is 0 Å². The van der Waals surface area contributed by atoms with Gasteiger partial charge in [0, 0.05) is 31.7 Å². The van der Waals surface area contributed by atoms with Crippen LogP contribution in [0.2, 0.25) is 5.02 Å². The fraction of sp³-hybridized carbons (Fsp3) is 0.562. The SMILES string of the molecule is CCS(=O)(=O)N1CCC[C@H](C(=O)N(C)Cc2ccc(Cl)cc2)C1. The quantitative estimate of drug-likeness (QED) is 0.811. The molecule has 1 aromatic rings. The highest BCUT2D eigenvalue weighted by Gasteiger charge is 2.32. The molecule has 0 spiro atoms. The van der Waals surface area contributed by atoms with Gasteiger partial charge in [-0.3, -0.25) is 4.79 Å². The molecule has 1 saturated heterocycles. The zero-order valence-corrected chi connectivity index (χ0v) is 15.1. The summed E-state index contributed by atoms with van der Waals surface area (Å²) in [5.41, 5.74) is 0.999.